The molecule has 1 amide bonds. The zero-order valence-electron chi connectivity index (χ0n) is 13.0. The lowest BCUT2D eigenvalue weighted by Crippen LogP contribution is -2.12. The molecule has 6 nitrogen and oxygen atoms in total. The van der Waals surface area contributed by atoms with E-state index in [1.807, 2.05) is 0 Å². The average Bonchev–Trinajstić information content (AvgIpc) is 3.10. The van der Waals surface area contributed by atoms with Gasteiger partial charge in [0.25, 0.3) is 5.91 Å². The van der Waals surface area contributed by atoms with Crippen molar-refractivity contribution in [1.29, 1.82) is 0 Å². The first-order valence-electron chi connectivity index (χ1n) is 7.19. The summed E-state index contributed by atoms with van der Waals surface area (Å²) in [7, 11) is -4.23. The van der Waals surface area contributed by atoms with Gasteiger partial charge >= 0.3 is 10.1 Å². The Morgan fingerprint density at radius 3 is 2.46 bits per heavy atom. The molecule has 0 fully saturated rings. The van der Waals surface area contributed by atoms with Crippen LogP contribution in [0, 0.1) is 5.82 Å². The summed E-state index contributed by atoms with van der Waals surface area (Å²) in [5, 5.41) is 2.30. The molecule has 0 unspecified atom stereocenters. The van der Waals surface area contributed by atoms with Gasteiger partial charge in [-0.15, -0.1) is 0 Å². The summed E-state index contributed by atoms with van der Waals surface area (Å²) in [4.78, 5) is 11.5. The number of nitrogens with one attached hydrogen (secondary N) is 1. The largest absolute Gasteiger partial charge is 0.459 e. The van der Waals surface area contributed by atoms with Crippen LogP contribution in [-0.4, -0.2) is 14.3 Å². The van der Waals surface area contributed by atoms with Gasteiger partial charge in [-0.3, -0.25) is 4.79 Å². The van der Waals surface area contributed by atoms with Crippen LogP contribution < -0.4 is 9.50 Å². The van der Waals surface area contributed by atoms with Crippen LogP contribution in [0.1, 0.15) is 10.6 Å². The van der Waals surface area contributed by atoms with Crippen LogP contribution in [0.25, 0.3) is 0 Å². The normalized spacial score (nSPS) is 11.2. The number of amides is 1. The summed E-state index contributed by atoms with van der Waals surface area (Å²) in [5.41, 5.74) is 0.413. The van der Waals surface area contributed by atoms with E-state index < -0.39 is 21.8 Å². The van der Waals surface area contributed by atoms with Crippen molar-refractivity contribution >= 4 is 33.3 Å². The summed E-state index contributed by atoms with van der Waals surface area (Å²) in [6.45, 7) is 0. The van der Waals surface area contributed by atoms with Crippen molar-refractivity contribution in [2.45, 2.75) is 4.90 Å². The van der Waals surface area contributed by atoms with Crippen LogP contribution in [0.3, 0.4) is 0 Å². The SMILES string of the molecule is O=C(Nc1ccc(OS(=O)(=O)c2ccc(F)cc2Cl)cc1)c1ccco1. The summed E-state index contributed by atoms with van der Waals surface area (Å²) >= 11 is 5.76. The van der Waals surface area contributed by atoms with Gasteiger partial charge in [-0.05, 0) is 54.6 Å². The maximum absolute atomic E-state index is 13.1. The Kier molecular flexibility index (Phi) is 4.97. The molecule has 26 heavy (non-hydrogen) atoms. The number of furan rings is 1. The minimum absolute atomic E-state index is 0.00129. The molecule has 0 saturated heterocycles. The van der Waals surface area contributed by atoms with Gasteiger partial charge in [-0.2, -0.15) is 8.42 Å². The lowest BCUT2D eigenvalue weighted by molar-refractivity contribution is 0.0996. The number of hydrogen-bond donors (Lipinski definition) is 1. The third-order valence-electron chi connectivity index (χ3n) is 3.23. The van der Waals surface area contributed by atoms with Crippen molar-refractivity contribution in [2.75, 3.05) is 5.32 Å². The monoisotopic (exact) mass is 395 g/mol. The fourth-order valence-corrected chi connectivity index (χ4v) is 3.48. The number of anilines is 1. The first-order chi connectivity index (χ1) is 12.3. The van der Waals surface area contributed by atoms with Crippen LogP contribution >= 0.6 is 11.6 Å². The molecule has 3 rings (SSSR count). The van der Waals surface area contributed by atoms with E-state index in [1.54, 1.807) is 6.07 Å². The molecule has 0 aliphatic carbocycles. The van der Waals surface area contributed by atoms with E-state index in [2.05, 4.69) is 5.32 Å². The second kappa shape index (κ2) is 7.19. The minimum atomic E-state index is -4.23. The second-order valence-electron chi connectivity index (χ2n) is 5.07. The summed E-state index contributed by atoms with van der Waals surface area (Å²) < 4.78 is 47.5. The first-order valence-corrected chi connectivity index (χ1v) is 8.98. The van der Waals surface area contributed by atoms with Crippen molar-refractivity contribution in [2.24, 2.45) is 0 Å². The molecule has 1 N–H and O–H groups in total. The Morgan fingerprint density at radius 1 is 1.12 bits per heavy atom. The maximum Gasteiger partial charge on any atom is 0.340 e. The molecule has 134 valence electrons. The maximum atomic E-state index is 13.1. The molecule has 3 aromatic rings. The van der Waals surface area contributed by atoms with Crippen LogP contribution in [0.4, 0.5) is 10.1 Å². The van der Waals surface area contributed by atoms with E-state index in [1.165, 1.54) is 36.6 Å². The third-order valence-corrected chi connectivity index (χ3v) is 4.96. The predicted octanol–water partition coefficient (Wildman–Crippen LogP) is 4.09. The number of hydrogen-bond acceptors (Lipinski definition) is 5. The average molecular weight is 396 g/mol. The van der Waals surface area contributed by atoms with Gasteiger partial charge in [0.05, 0.1) is 11.3 Å². The van der Waals surface area contributed by atoms with E-state index in [0.29, 0.717) is 5.69 Å². The zero-order valence-corrected chi connectivity index (χ0v) is 14.6. The van der Waals surface area contributed by atoms with Crippen LogP contribution in [0.15, 0.2) is 70.2 Å². The van der Waals surface area contributed by atoms with Gasteiger partial charge in [0.2, 0.25) is 0 Å². The lowest BCUT2D eigenvalue weighted by Gasteiger charge is -2.09. The van der Waals surface area contributed by atoms with Crippen molar-refractivity contribution in [3.05, 3.63) is 77.5 Å². The first kappa shape index (κ1) is 18.0. The molecule has 0 spiro atoms. The van der Waals surface area contributed by atoms with Gasteiger partial charge in [0.15, 0.2) is 5.76 Å². The third kappa shape index (κ3) is 4.04. The molecule has 0 atom stereocenters. The molecule has 0 radical (unpaired) electrons. The van der Waals surface area contributed by atoms with Crippen molar-refractivity contribution in [3.63, 3.8) is 0 Å². The van der Waals surface area contributed by atoms with E-state index >= 15 is 0 Å². The van der Waals surface area contributed by atoms with Gasteiger partial charge < -0.3 is 13.9 Å². The molecular formula is C17H11ClFNO5S. The number of carbonyl (C=O) groups is 1. The number of carbonyl (C=O) groups excluding carboxylic acids is 1. The van der Waals surface area contributed by atoms with Crippen LogP contribution in [-0.2, 0) is 10.1 Å². The molecule has 1 aromatic heterocycles. The minimum Gasteiger partial charge on any atom is -0.459 e. The summed E-state index contributed by atoms with van der Waals surface area (Å²) in [6.07, 6.45) is 1.37. The summed E-state index contributed by atoms with van der Waals surface area (Å²) in [6, 6.07) is 11.6. The highest BCUT2D eigenvalue weighted by atomic mass is 35.5. The van der Waals surface area contributed by atoms with Gasteiger partial charge in [-0.1, -0.05) is 11.6 Å². The Hall–Kier alpha value is -2.84. The van der Waals surface area contributed by atoms with Crippen molar-refractivity contribution < 1.29 is 26.2 Å². The highest BCUT2D eigenvalue weighted by Gasteiger charge is 2.21. The second-order valence-corrected chi connectivity index (χ2v) is 6.99. The molecule has 9 heteroatoms. The molecule has 1 heterocycles. The predicted molar refractivity (Wildman–Crippen MR) is 92.3 cm³/mol. The van der Waals surface area contributed by atoms with Crippen LogP contribution in [0.5, 0.6) is 5.75 Å². The Morgan fingerprint density at radius 2 is 1.85 bits per heavy atom. The van der Waals surface area contributed by atoms with Gasteiger partial charge in [-0.25, -0.2) is 4.39 Å². The Balaban J connectivity index is 1.73. The topological polar surface area (TPSA) is 85.6 Å². The Bertz CT molecular complexity index is 1030. The van der Waals surface area contributed by atoms with E-state index in [-0.39, 0.29) is 21.4 Å². The highest BCUT2D eigenvalue weighted by molar-refractivity contribution is 7.87. The number of rotatable bonds is 5. The zero-order chi connectivity index (χ0) is 18.7. The number of benzene rings is 2. The van der Waals surface area contributed by atoms with Gasteiger partial charge in [0, 0.05) is 5.69 Å². The highest BCUT2D eigenvalue weighted by Crippen LogP contribution is 2.26. The lowest BCUT2D eigenvalue weighted by atomic mass is 10.3. The van der Waals surface area contributed by atoms with Crippen LogP contribution in [0.2, 0.25) is 5.02 Å². The quantitative estimate of drug-likeness (QED) is 0.657. The van der Waals surface area contributed by atoms with E-state index in [0.717, 1.165) is 18.2 Å². The van der Waals surface area contributed by atoms with E-state index in [9.17, 15) is 17.6 Å². The molecule has 0 saturated carbocycles. The molecule has 0 aliphatic heterocycles. The van der Waals surface area contributed by atoms with Crippen molar-refractivity contribution in [3.8, 4) is 5.75 Å². The summed E-state index contributed by atoms with van der Waals surface area (Å²) in [5.74, 6) is -0.972. The van der Waals surface area contributed by atoms with E-state index in [4.69, 9.17) is 20.2 Å². The van der Waals surface area contributed by atoms with Crippen molar-refractivity contribution in [1.82, 2.24) is 0 Å². The molecule has 0 aliphatic rings. The standard InChI is InChI=1S/C17H11ClFNO5S/c18-14-10-11(19)3-8-16(14)26(22,23)25-13-6-4-12(5-7-13)20-17(21)15-2-1-9-24-15/h1-10H,(H,20,21). The number of halogens is 2. The molecular weight excluding hydrogens is 385 g/mol. The molecule has 0 bridgehead atoms. The molecule has 2 aromatic carbocycles. The smallest absolute Gasteiger partial charge is 0.340 e. The fraction of sp³-hybridized carbons (Fsp3) is 0. The fourth-order valence-electron chi connectivity index (χ4n) is 2.04. The van der Waals surface area contributed by atoms with Gasteiger partial charge in [0.1, 0.15) is 16.5 Å². The Labute approximate surface area is 153 Å².